The van der Waals surface area contributed by atoms with Crippen molar-refractivity contribution in [1.29, 1.82) is 0 Å². The number of fused-ring (bicyclic) bond motifs is 1. The third-order valence-electron chi connectivity index (χ3n) is 3.58. The van der Waals surface area contributed by atoms with Crippen molar-refractivity contribution in [3.8, 4) is 0 Å². The van der Waals surface area contributed by atoms with E-state index in [0.29, 0.717) is 12.1 Å². The first-order valence-electron chi connectivity index (χ1n) is 7.16. The molecular formula is C17H17N3O2. The summed E-state index contributed by atoms with van der Waals surface area (Å²) in [4.78, 5) is 14.5. The number of hydrogen-bond acceptors (Lipinski definition) is 3. The Bertz CT molecular complexity index is 768. The van der Waals surface area contributed by atoms with Crippen LogP contribution < -0.4 is 0 Å². The number of benzene rings is 2. The van der Waals surface area contributed by atoms with Gasteiger partial charge in [0.15, 0.2) is 0 Å². The summed E-state index contributed by atoms with van der Waals surface area (Å²) in [5.41, 5.74) is 2.32. The molecule has 1 heterocycles. The summed E-state index contributed by atoms with van der Waals surface area (Å²) in [6.07, 6.45) is 1.69. The maximum atomic E-state index is 12.8. The second-order valence-corrected chi connectivity index (χ2v) is 5.08. The van der Waals surface area contributed by atoms with Gasteiger partial charge in [-0.1, -0.05) is 42.5 Å². The highest BCUT2D eigenvalue weighted by Crippen LogP contribution is 2.18. The molecule has 2 N–H and O–H groups in total. The maximum Gasteiger partial charge on any atom is 0.256 e. The van der Waals surface area contributed by atoms with Crippen LogP contribution in [0.15, 0.2) is 54.7 Å². The van der Waals surface area contributed by atoms with Gasteiger partial charge in [0.1, 0.15) is 0 Å². The average molecular weight is 295 g/mol. The van der Waals surface area contributed by atoms with Gasteiger partial charge in [-0.05, 0) is 11.6 Å². The molecule has 1 aromatic heterocycles. The molecule has 5 nitrogen and oxygen atoms in total. The fourth-order valence-corrected chi connectivity index (χ4v) is 2.49. The predicted molar refractivity (Wildman–Crippen MR) is 84.4 cm³/mol. The van der Waals surface area contributed by atoms with Crippen LogP contribution in [0.1, 0.15) is 15.9 Å². The second kappa shape index (κ2) is 6.41. The molecule has 0 spiro atoms. The van der Waals surface area contributed by atoms with E-state index >= 15 is 0 Å². The van der Waals surface area contributed by atoms with Gasteiger partial charge in [-0.2, -0.15) is 5.10 Å². The summed E-state index contributed by atoms with van der Waals surface area (Å²) in [5, 5.41) is 17.0. The smallest absolute Gasteiger partial charge is 0.256 e. The monoisotopic (exact) mass is 295 g/mol. The van der Waals surface area contributed by atoms with E-state index in [1.165, 1.54) is 0 Å². The summed E-state index contributed by atoms with van der Waals surface area (Å²) < 4.78 is 0. The number of H-pyrrole nitrogens is 1. The van der Waals surface area contributed by atoms with E-state index in [2.05, 4.69) is 10.2 Å². The fourth-order valence-electron chi connectivity index (χ4n) is 2.49. The summed E-state index contributed by atoms with van der Waals surface area (Å²) >= 11 is 0. The zero-order valence-electron chi connectivity index (χ0n) is 12.1. The number of rotatable bonds is 5. The van der Waals surface area contributed by atoms with Crippen LogP contribution in [0.4, 0.5) is 0 Å². The first-order valence-corrected chi connectivity index (χ1v) is 7.16. The second-order valence-electron chi connectivity index (χ2n) is 5.08. The van der Waals surface area contributed by atoms with Crippen molar-refractivity contribution in [2.45, 2.75) is 6.54 Å². The lowest BCUT2D eigenvalue weighted by Crippen LogP contribution is -2.33. The molecule has 0 atom stereocenters. The molecule has 0 saturated heterocycles. The van der Waals surface area contributed by atoms with Gasteiger partial charge in [0.05, 0.1) is 23.9 Å². The molecule has 0 radical (unpaired) electrons. The first kappa shape index (κ1) is 14.3. The topological polar surface area (TPSA) is 69.2 Å². The summed E-state index contributed by atoms with van der Waals surface area (Å²) in [6.45, 7) is 0.681. The molecule has 0 saturated carbocycles. The van der Waals surface area contributed by atoms with Gasteiger partial charge in [-0.3, -0.25) is 9.89 Å². The number of hydrogen-bond donors (Lipinski definition) is 2. The van der Waals surface area contributed by atoms with E-state index in [4.69, 9.17) is 0 Å². The third-order valence-corrected chi connectivity index (χ3v) is 3.58. The van der Waals surface area contributed by atoms with E-state index in [1.54, 1.807) is 17.2 Å². The van der Waals surface area contributed by atoms with Gasteiger partial charge < -0.3 is 10.0 Å². The molecule has 0 fully saturated rings. The molecule has 0 unspecified atom stereocenters. The number of amides is 1. The van der Waals surface area contributed by atoms with Crippen molar-refractivity contribution in [3.63, 3.8) is 0 Å². The van der Waals surface area contributed by atoms with Crippen LogP contribution in [0, 0.1) is 0 Å². The number of aromatic nitrogens is 2. The van der Waals surface area contributed by atoms with Crippen LogP contribution in [-0.4, -0.2) is 39.3 Å². The molecule has 2 aromatic carbocycles. The summed E-state index contributed by atoms with van der Waals surface area (Å²) in [6, 6.07) is 15.3. The van der Waals surface area contributed by atoms with Gasteiger partial charge in [0, 0.05) is 18.5 Å². The van der Waals surface area contributed by atoms with Crippen molar-refractivity contribution in [3.05, 3.63) is 65.9 Å². The Morgan fingerprint density at radius 3 is 2.73 bits per heavy atom. The Labute approximate surface area is 128 Å². The minimum Gasteiger partial charge on any atom is -0.395 e. The molecule has 112 valence electrons. The molecule has 22 heavy (non-hydrogen) atoms. The minimum absolute atomic E-state index is 0.0719. The Morgan fingerprint density at radius 2 is 1.95 bits per heavy atom. The van der Waals surface area contributed by atoms with Gasteiger partial charge in [0.2, 0.25) is 0 Å². The van der Waals surface area contributed by atoms with Gasteiger partial charge in [0.25, 0.3) is 5.91 Å². The Morgan fingerprint density at radius 1 is 1.14 bits per heavy atom. The average Bonchev–Trinajstić information content (AvgIpc) is 3.03. The lowest BCUT2D eigenvalue weighted by Gasteiger charge is -2.22. The van der Waals surface area contributed by atoms with E-state index in [1.807, 2.05) is 42.5 Å². The summed E-state index contributed by atoms with van der Waals surface area (Å²) in [5.74, 6) is -0.118. The lowest BCUT2D eigenvalue weighted by molar-refractivity contribution is 0.0709. The van der Waals surface area contributed by atoms with E-state index < -0.39 is 0 Å². The Hall–Kier alpha value is -2.66. The van der Waals surface area contributed by atoms with Crippen molar-refractivity contribution < 1.29 is 9.90 Å². The maximum absolute atomic E-state index is 12.8. The Kier molecular flexibility index (Phi) is 4.16. The normalized spacial score (nSPS) is 10.8. The first-order chi connectivity index (χ1) is 10.8. The molecule has 1 amide bonds. The highest BCUT2D eigenvalue weighted by Gasteiger charge is 2.18. The predicted octanol–water partition coefficient (Wildman–Crippen LogP) is 2.20. The number of nitrogens with one attached hydrogen (secondary N) is 1. The van der Waals surface area contributed by atoms with Crippen LogP contribution in [0.2, 0.25) is 0 Å². The molecule has 3 rings (SSSR count). The standard InChI is InChI=1S/C17H17N3O2/c21-10-9-20(12-13-5-2-1-3-6-13)17(22)15-8-4-7-14-11-18-19-16(14)15/h1-8,11,21H,9-10,12H2,(H,18,19). The molecule has 3 aromatic rings. The quantitative estimate of drug-likeness (QED) is 0.758. The van der Waals surface area contributed by atoms with Gasteiger partial charge >= 0.3 is 0 Å². The van der Waals surface area contributed by atoms with Crippen molar-refractivity contribution >= 4 is 16.8 Å². The van der Waals surface area contributed by atoms with E-state index in [0.717, 1.165) is 16.5 Å². The Balaban J connectivity index is 1.91. The number of aliphatic hydroxyl groups excluding tert-OH is 1. The van der Waals surface area contributed by atoms with Crippen LogP contribution in [-0.2, 0) is 6.54 Å². The highest BCUT2D eigenvalue weighted by atomic mass is 16.3. The number of aliphatic hydroxyl groups is 1. The van der Waals surface area contributed by atoms with Crippen molar-refractivity contribution in [2.75, 3.05) is 13.2 Å². The number of para-hydroxylation sites is 1. The highest BCUT2D eigenvalue weighted by molar-refractivity contribution is 6.05. The SMILES string of the molecule is O=C(c1cccc2cn[nH]c12)N(CCO)Cc1ccccc1. The number of aromatic amines is 1. The largest absolute Gasteiger partial charge is 0.395 e. The fraction of sp³-hybridized carbons (Fsp3) is 0.176. The zero-order chi connectivity index (χ0) is 15.4. The number of carbonyl (C=O) groups is 1. The van der Waals surface area contributed by atoms with Crippen LogP contribution in [0.3, 0.4) is 0 Å². The molecule has 0 aliphatic heterocycles. The molecule has 0 aliphatic carbocycles. The van der Waals surface area contributed by atoms with Gasteiger partial charge in [-0.25, -0.2) is 0 Å². The number of nitrogens with zero attached hydrogens (tertiary/aromatic N) is 2. The van der Waals surface area contributed by atoms with Crippen LogP contribution >= 0.6 is 0 Å². The molecule has 5 heteroatoms. The van der Waals surface area contributed by atoms with Crippen molar-refractivity contribution in [2.24, 2.45) is 0 Å². The molecular weight excluding hydrogens is 278 g/mol. The summed E-state index contributed by atoms with van der Waals surface area (Å²) in [7, 11) is 0. The van der Waals surface area contributed by atoms with Crippen LogP contribution in [0.5, 0.6) is 0 Å². The zero-order valence-corrected chi connectivity index (χ0v) is 12.1. The lowest BCUT2D eigenvalue weighted by atomic mass is 10.1. The molecule has 0 bridgehead atoms. The third kappa shape index (κ3) is 2.84. The number of carbonyl (C=O) groups excluding carboxylic acids is 1. The van der Waals surface area contributed by atoms with E-state index in [-0.39, 0.29) is 19.1 Å². The van der Waals surface area contributed by atoms with E-state index in [9.17, 15) is 9.90 Å². The van der Waals surface area contributed by atoms with Crippen molar-refractivity contribution in [1.82, 2.24) is 15.1 Å². The van der Waals surface area contributed by atoms with Crippen LogP contribution in [0.25, 0.3) is 10.9 Å². The molecule has 0 aliphatic rings. The minimum atomic E-state index is -0.118. The van der Waals surface area contributed by atoms with Gasteiger partial charge in [-0.15, -0.1) is 0 Å².